The average Bonchev–Trinajstić information content (AvgIpc) is 2.36. The molecule has 20 heavy (non-hydrogen) atoms. The fraction of sp³-hybridized carbons (Fsp3) is 0. The predicted octanol–water partition coefficient (Wildman–Crippen LogP) is 3.67. The van der Waals surface area contributed by atoms with Gasteiger partial charge in [-0.25, -0.2) is 21.6 Å². The van der Waals surface area contributed by atoms with E-state index in [-0.39, 0.29) is 5.69 Å². The van der Waals surface area contributed by atoms with Crippen molar-refractivity contribution in [2.24, 2.45) is 0 Å². The maximum absolute atomic E-state index is 13.1. The highest BCUT2D eigenvalue weighted by Crippen LogP contribution is 2.26. The summed E-state index contributed by atoms with van der Waals surface area (Å²) in [6.07, 6.45) is 0. The van der Waals surface area contributed by atoms with Crippen LogP contribution in [0.5, 0.6) is 0 Å². The van der Waals surface area contributed by atoms with E-state index < -0.39 is 32.4 Å². The number of benzene rings is 2. The van der Waals surface area contributed by atoms with Gasteiger partial charge in [0.2, 0.25) is 0 Å². The minimum atomic E-state index is -4.15. The van der Waals surface area contributed by atoms with Gasteiger partial charge in [0.1, 0.15) is 5.82 Å². The molecule has 0 fully saturated rings. The highest BCUT2D eigenvalue weighted by atomic mass is 79.9. The lowest BCUT2D eigenvalue weighted by atomic mass is 10.3. The highest BCUT2D eigenvalue weighted by Gasteiger charge is 2.18. The van der Waals surface area contributed by atoms with Gasteiger partial charge in [0, 0.05) is 4.47 Å². The summed E-state index contributed by atoms with van der Waals surface area (Å²) in [5.41, 5.74) is -0.0465. The second-order valence-corrected chi connectivity index (χ2v) is 6.34. The van der Waals surface area contributed by atoms with Crippen molar-refractivity contribution in [3.63, 3.8) is 0 Å². The van der Waals surface area contributed by atoms with Crippen molar-refractivity contribution in [2.45, 2.75) is 4.90 Å². The summed E-state index contributed by atoms with van der Waals surface area (Å²) in [5.74, 6) is -3.08. The van der Waals surface area contributed by atoms with Crippen molar-refractivity contribution in [1.29, 1.82) is 0 Å². The Balaban J connectivity index is 2.40. The van der Waals surface area contributed by atoms with Crippen molar-refractivity contribution < 1.29 is 21.6 Å². The predicted molar refractivity (Wildman–Crippen MR) is 71.3 cm³/mol. The zero-order valence-electron chi connectivity index (χ0n) is 9.70. The molecule has 1 N–H and O–H groups in total. The molecule has 0 atom stereocenters. The zero-order chi connectivity index (χ0) is 14.9. The molecule has 2 aromatic carbocycles. The molecule has 0 radical (unpaired) electrons. The monoisotopic (exact) mass is 365 g/mol. The van der Waals surface area contributed by atoms with Gasteiger partial charge in [-0.05, 0) is 52.3 Å². The molecule has 0 amide bonds. The normalized spacial score (nSPS) is 11.4. The lowest BCUT2D eigenvalue weighted by molar-refractivity contribution is 0.504. The minimum absolute atomic E-state index is 0.0465. The molecule has 0 saturated carbocycles. The Bertz CT molecular complexity index is 765. The third-order valence-corrected chi connectivity index (χ3v) is 4.43. The fourth-order valence-corrected chi connectivity index (χ4v) is 2.98. The first-order valence-electron chi connectivity index (χ1n) is 5.22. The van der Waals surface area contributed by atoms with Gasteiger partial charge in [0.15, 0.2) is 11.6 Å². The molecule has 0 saturated heterocycles. The van der Waals surface area contributed by atoms with Crippen molar-refractivity contribution >= 4 is 31.6 Å². The Kier molecular flexibility index (Phi) is 4.05. The van der Waals surface area contributed by atoms with E-state index in [0.717, 1.165) is 18.2 Å². The molecule has 8 heteroatoms. The zero-order valence-corrected chi connectivity index (χ0v) is 12.1. The van der Waals surface area contributed by atoms with Gasteiger partial charge < -0.3 is 0 Å². The lowest BCUT2D eigenvalue weighted by Gasteiger charge is -2.10. The maximum atomic E-state index is 13.1. The maximum Gasteiger partial charge on any atom is 0.262 e. The quantitative estimate of drug-likeness (QED) is 0.901. The molecule has 106 valence electrons. The van der Waals surface area contributed by atoms with Crippen LogP contribution in [0.4, 0.5) is 18.9 Å². The Morgan fingerprint density at radius 3 is 2.30 bits per heavy atom. The third-order valence-electron chi connectivity index (χ3n) is 2.37. The van der Waals surface area contributed by atoms with Gasteiger partial charge in [-0.15, -0.1) is 0 Å². The SMILES string of the molecule is O=S(=O)(Nc1cc(F)ccc1Br)c1ccc(F)c(F)c1. The Morgan fingerprint density at radius 1 is 0.950 bits per heavy atom. The van der Waals surface area contributed by atoms with Gasteiger partial charge in [0.05, 0.1) is 10.6 Å². The van der Waals surface area contributed by atoms with Gasteiger partial charge in [-0.1, -0.05) is 0 Å². The molecule has 2 aromatic rings. The minimum Gasteiger partial charge on any atom is -0.278 e. The molecule has 0 unspecified atom stereocenters. The fourth-order valence-electron chi connectivity index (χ4n) is 1.42. The summed E-state index contributed by atoms with van der Waals surface area (Å²) in [6, 6.07) is 5.57. The number of rotatable bonds is 3. The molecule has 0 spiro atoms. The molecular formula is C12H7BrF3NO2S. The molecule has 0 bridgehead atoms. The Hall–Kier alpha value is -1.54. The van der Waals surface area contributed by atoms with Crippen LogP contribution < -0.4 is 4.72 Å². The second kappa shape index (κ2) is 5.45. The number of halogens is 4. The first-order valence-corrected chi connectivity index (χ1v) is 7.50. The molecule has 0 aliphatic carbocycles. The third kappa shape index (κ3) is 3.13. The van der Waals surface area contributed by atoms with Gasteiger partial charge in [0.25, 0.3) is 10.0 Å². The largest absolute Gasteiger partial charge is 0.278 e. The highest BCUT2D eigenvalue weighted by molar-refractivity contribution is 9.10. The van der Waals surface area contributed by atoms with E-state index in [4.69, 9.17) is 0 Å². The lowest BCUT2D eigenvalue weighted by Crippen LogP contribution is -2.14. The molecule has 3 nitrogen and oxygen atoms in total. The van der Waals surface area contributed by atoms with Gasteiger partial charge >= 0.3 is 0 Å². The van der Waals surface area contributed by atoms with Crippen LogP contribution in [-0.2, 0) is 10.0 Å². The van der Waals surface area contributed by atoms with Gasteiger partial charge in [-0.2, -0.15) is 0 Å². The topological polar surface area (TPSA) is 46.2 Å². The van der Waals surface area contributed by atoms with Crippen LogP contribution in [0, 0.1) is 17.5 Å². The van der Waals surface area contributed by atoms with E-state index in [1.807, 2.05) is 0 Å². The van der Waals surface area contributed by atoms with Crippen LogP contribution in [0.2, 0.25) is 0 Å². The molecule has 0 aromatic heterocycles. The average molecular weight is 366 g/mol. The van der Waals surface area contributed by atoms with E-state index >= 15 is 0 Å². The summed E-state index contributed by atoms with van der Waals surface area (Å²) in [4.78, 5) is -0.465. The summed E-state index contributed by atoms with van der Waals surface area (Å²) >= 11 is 3.05. The van der Waals surface area contributed by atoms with Crippen LogP contribution in [0.25, 0.3) is 0 Å². The standard InChI is InChI=1S/C12H7BrF3NO2S/c13-9-3-1-7(14)5-12(9)17-20(18,19)8-2-4-10(15)11(16)6-8/h1-6,17H. The Morgan fingerprint density at radius 2 is 1.65 bits per heavy atom. The molecule has 0 aliphatic heterocycles. The van der Waals surface area contributed by atoms with Crippen LogP contribution >= 0.6 is 15.9 Å². The van der Waals surface area contributed by atoms with E-state index in [1.54, 1.807) is 0 Å². The van der Waals surface area contributed by atoms with Crippen molar-refractivity contribution in [3.8, 4) is 0 Å². The van der Waals surface area contributed by atoms with E-state index in [1.165, 1.54) is 6.07 Å². The van der Waals surface area contributed by atoms with E-state index in [0.29, 0.717) is 16.6 Å². The van der Waals surface area contributed by atoms with Crippen LogP contribution in [0.15, 0.2) is 45.8 Å². The van der Waals surface area contributed by atoms with Crippen molar-refractivity contribution in [1.82, 2.24) is 0 Å². The van der Waals surface area contributed by atoms with Crippen molar-refractivity contribution in [2.75, 3.05) is 4.72 Å². The molecule has 2 rings (SSSR count). The molecule has 0 heterocycles. The number of hydrogen-bond donors (Lipinski definition) is 1. The van der Waals surface area contributed by atoms with Crippen molar-refractivity contribution in [3.05, 3.63) is 58.3 Å². The first-order chi connectivity index (χ1) is 9.29. The summed E-state index contributed by atoms with van der Waals surface area (Å²) in [7, 11) is -4.15. The summed E-state index contributed by atoms with van der Waals surface area (Å²) < 4.78 is 65.3. The van der Waals surface area contributed by atoms with E-state index in [2.05, 4.69) is 20.7 Å². The smallest absolute Gasteiger partial charge is 0.262 e. The van der Waals surface area contributed by atoms with Gasteiger partial charge in [-0.3, -0.25) is 4.72 Å². The molecular weight excluding hydrogens is 359 g/mol. The number of hydrogen-bond acceptors (Lipinski definition) is 2. The van der Waals surface area contributed by atoms with Crippen LogP contribution in [0.1, 0.15) is 0 Å². The number of nitrogens with one attached hydrogen (secondary N) is 1. The summed E-state index contributed by atoms with van der Waals surface area (Å²) in [6.45, 7) is 0. The van der Waals surface area contributed by atoms with Crippen LogP contribution in [-0.4, -0.2) is 8.42 Å². The Labute approximate surface area is 121 Å². The molecule has 0 aliphatic rings. The first kappa shape index (κ1) is 14.9. The second-order valence-electron chi connectivity index (χ2n) is 3.81. The number of sulfonamides is 1. The van der Waals surface area contributed by atoms with E-state index in [9.17, 15) is 21.6 Å². The number of anilines is 1. The summed E-state index contributed by atoms with van der Waals surface area (Å²) in [5, 5.41) is 0. The van der Waals surface area contributed by atoms with Crippen LogP contribution in [0.3, 0.4) is 0 Å².